The number of ether oxygens (including phenoxy) is 2. The molecule has 0 aliphatic heterocycles. The molecule has 0 fully saturated rings. The fourth-order valence-electron chi connectivity index (χ4n) is 2.28. The third-order valence-corrected chi connectivity index (χ3v) is 3.80. The predicted octanol–water partition coefficient (Wildman–Crippen LogP) is 4.44. The van der Waals surface area contributed by atoms with Gasteiger partial charge in [-0.15, -0.1) is 0 Å². The molecule has 138 valence electrons. The van der Waals surface area contributed by atoms with E-state index in [1.807, 2.05) is 18.2 Å². The van der Waals surface area contributed by atoms with Crippen LogP contribution in [0.3, 0.4) is 0 Å². The van der Waals surface area contributed by atoms with Crippen LogP contribution in [0.5, 0.6) is 5.75 Å². The van der Waals surface area contributed by atoms with E-state index in [2.05, 4.69) is 12.2 Å². The van der Waals surface area contributed by atoms with Crippen molar-refractivity contribution in [3.05, 3.63) is 60.2 Å². The Bertz CT molecular complexity index is 698. The van der Waals surface area contributed by atoms with E-state index in [9.17, 15) is 9.59 Å². The molecule has 0 spiro atoms. The molecule has 2 aromatic carbocycles. The number of unbranched alkanes of at least 4 members (excludes halogenated alkanes) is 2. The second-order valence-electron chi connectivity index (χ2n) is 5.98. The number of carbonyl (C=O) groups is 2. The lowest BCUT2D eigenvalue weighted by Gasteiger charge is -2.14. The zero-order valence-electron chi connectivity index (χ0n) is 15.2. The summed E-state index contributed by atoms with van der Waals surface area (Å²) in [6.07, 6.45) is 2.39. The molecule has 0 aromatic heterocycles. The molecule has 1 atom stereocenters. The van der Waals surface area contributed by atoms with E-state index < -0.39 is 12.1 Å². The maximum Gasteiger partial charge on any atom is 0.338 e. The van der Waals surface area contributed by atoms with Gasteiger partial charge in [0.1, 0.15) is 5.75 Å². The number of hydrogen-bond donors (Lipinski definition) is 1. The van der Waals surface area contributed by atoms with E-state index in [-0.39, 0.29) is 5.91 Å². The SMILES string of the molecule is CCCCCOc1ccc(C(=O)O[C@@H](C)C(=O)Nc2ccccc2)cc1. The second kappa shape index (κ2) is 10.2. The van der Waals surface area contributed by atoms with Gasteiger partial charge in [-0.05, 0) is 49.7 Å². The number of anilines is 1. The van der Waals surface area contributed by atoms with Crippen molar-refractivity contribution < 1.29 is 19.1 Å². The van der Waals surface area contributed by atoms with Crippen molar-refractivity contribution in [2.45, 2.75) is 39.2 Å². The molecule has 0 saturated heterocycles. The number of nitrogens with one attached hydrogen (secondary N) is 1. The fourth-order valence-corrected chi connectivity index (χ4v) is 2.28. The maximum absolute atomic E-state index is 12.2. The van der Waals surface area contributed by atoms with Gasteiger partial charge in [-0.3, -0.25) is 4.79 Å². The third kappa shape index (κ3) is 6.24. The molecule has 0 radical (unpaired) electrons. The zero-order valence-corrected chi connectivity index (χ0v) is 15.2. The van der Waals surface area contributed by atoms with Crippen molar-refractivity contribution in [3.8, 4) is 5.75 Å². The van der Waals surface area contributed by atoms with Gasteiger partial charge in [0, 0.05) is 5.69 Å². The second-order valence-corrected chi connectivity index (χ2v) is 5.98. The highest BCUT2D eigenvalue weighted by Crippen LogP contribution is 2.15. The fraction of sp³-hybridized carbons (Fsp3) is 0.333. The minimum absolute atomic E-state index is 0.375. The van der Waals surface area contributed by atoms with Crippen LogP contribution < -0.4 is 10.1 Å². The van der Waals surface area contributed by atoms with Crippen LogP contribution in [0, 0.1) is 0 Å². The average molecular weight is 355 g/mol. The van der Waals surface area contributed by atoms with Crippen LogP contribution in [-0.2, 0) is 9.53 Å². The van der Waals surface area contributed by atoms with E-state index in [1.54, 1.807) is 43.3 Å². The lowest BCUT2D eigenvalue weighted by atomic mass is 10.2. The normalized spacial score (nSPS) is 11.5. The van der Waals surface area contributed by atoms with Gasteiger partial charge in [0.05, 0.1) is 12.2 Å². The van der Waals surface area contributed by atoms with Crippen molar-refractivity contribution >= 4 is 17.6 Å². The van der Waals surface area contributed by atoms with Gasteiger partial charge in [0.25, 0.3) is 5.91 Å². The predicted molar refractivity (Wildman–Crippen MR) is 101 cm³/mol. The minimum atomic E-state index is -0.896. The van der Waals surface area contributed by atoms with Gasteiger partial charge in [0.15, 0.2) is 6.10 Å². The van der Waals surface area contributed by atoms with Crippen molar-refractivity contribution in [1.82, 2.24) is 0 Å². The molecular formula is C21H25NO4. The molecular weight excluding hydrogens is 330 g/mol. The summed E-state index contributed by atoms with van der Waals surface area (Å²) in [5.74, 6) is -0.203. The number of amides is 1. The van der Waals surface area contributed by atoms with Gasteiger partial charge < -0.3 is 14.8 Å². The first kappa shape index (κ1) is 19.5. The van der Waals surface area contributed by atoms with E-state index in [1.165, 1.54) is 0 Å². The molecule has 2 aromatic rings. The number of rotatable bonds is 9. The lowest BCUT2D eigenvalue weighted by molar-refractivity contribution is -0.123. The van der Waals surface area contributed by atoms with Crippen molar-refractivity contribution in [2.24, 2.45) is 0 Å². The Kier molecular flexibility index (Phi) is 7.68. The Morgan fingerprint density at radius 2 is 1.69 bits per heavy atom. The first-order chi connectivity index (χ1) is 12.6. The lowest BCUT2D eigenvalue weighted by Crippen LogP contribution is -2.29. The summed E-state index contributed by atoms with van der Waals surface area (Å²) in [6, 6.07) is 15.8. The summed E-state index contributed by atoms with van der Waals surface area (Å²) < 4.78 is 10.8. The summed E-state index contributed by atoms with van der Waals surface area (Å²) >= 11 is 0. The van der Waals surface area contributed by atoms with E-state index >= 15 is 0 Å². The Morgan fingerprint density at radius 1 is 1.00 bits per heavy atom. The monoisotopic (exact) mass is 355 g/mol. The van der Waals surface area contributed by atoms with Gasteiger partial charge in [0.2, 0.25) is 0 Å². The quantitative estimate of drug-likeness (QED) is 0.533. The van der Waals surface area contributed by atoms with E-state index in [4.69, 9.17) is 9.47 Å². The number of carbonyl (C=O) groups excluding carboxylic acids is 2. The number of para-hydroxylation sites is 1. The molecule has 2 rings (SSSR count). The number of esters is 1. The van der Waals surface area contributed by atoms with Crippen LogP contribution in [0.15, 0.2) is 54.6 Å². The molecule has 1 amide bonds. The average Bonchev–Trinajstić information content (AvgIpc) is 2.66. The molecule has 5 nitrogen and oxygen atoms in total. The van der Waals surface area contributed by atoms with Gasteiger partial charge in [-0.1, -0.05) is 38.0 Å². The van der Waals surface area contributed by atoms with Crippen molar-refractivity contribution in [3.63, 3.8) is 0 Å². The first-order valence-electron chi connectivity index (χ1n) is 8.90. The molecule has 1 N–H and O–H groups in total. The van der Waals surface area contributed by atoms with Crippen LogP contribution in [0.1, 0.15) is 43.5 Å². The third-order valence-electron chi connectivity index (χ3n) is 3.80. The summed E-state index contributed by atoms with van der Waals surface area (Å²) in [4.78, 5) is 24.3. The van der Waals surface area contributed by atoms with Crippen molar-refractivity contribution in [2.75, 3.05) is 11.9 Å². The smallest absolute Gasteiger partial charge is 0.338 e. The number of hydrogen-bond acceptors (Lipinski definition) is 4. The molecule has 0 saturated carbocycles. The Balaban J connectivity index is 1.83. The maximum atomic E-state index is 12.2. The van der Waals surface area contributed by atoms with Crippen LogP contribution in [0.4, 0.5) is 5.69 Å². The molecule has 5 heteroatoms. The minimum Gasteiger partial charge on any atom is -0.494 e. The summed E-state index contributed by atoms with van der Waals surface area (Å²) in [5.41, 5.74) is 1.04. The van der Waals surface area contributed by atoms with Gasteiger partial charge in [-0.2, -0.15) is 0 Å². The van der Waals surface area contributed by atoms with E-state index in [0.717, 1.165) is 19.3 Å². The molecule has 26 heavy (non-hydrogen) atoms. The molecule has 0 heterocycles. The standard InChI is InChI=1S/C21H25NO4/c1-3-4-8-15-25-19-13-11-17(12-14-19)21(24)26-16(2)20(23)22-18-9-6-5-7-10-18/h5-7,9-14,16H,3-4,8,15H2,1-2H3,(H,22,23)/t16-/m0/s1. The highest BCUT2D eigenvalue weighted by molar-refractivity contribution is 5.97. The summed E-state index contributed by atoms with van der Waals surface area (Å²) in [7, 11) is 0. The summed E-state index contributed by atoms with van der Waals surface area (Å²) in [5, 5.41) is 2.70. The van der Waals surface area contributed by atoms with E-state index in [0.29, 0.717) is 23.6 Å². The highest BCUT2D eigenvalue weighted by Gasteiger charge is 2.19. The van der Waals surface area contributed by atoms with Gasteiger partial charge >= 0.3 is 5.97 Å². The highest BCUT2D eigenvalue weighted by atomic mass is 16.5. The Morgan fingerprint density at radius 3 is 2.35 bits per heavy atom. The van der Waals surface area contributed by atoms with Crippen LogP contribution >= 0.6 is 0 Å². The van der Waals surface area contributed by atoms with Crippen LogP contribution in [0.25, 0.3) is 0 Å². The van der Waals surface area contributed by atoms with Crippen LogP contribution in [0.2, 0.25) is 0 Å². The molecule has 0 aliphatic rings. The Hall–Kier alpha value is -2.82. The first-order valence-corrected chi connectivity index (χ1v) is 8.90. The molecule has 0 bridgehead atoms. The zero-order chi connectivity index (χ0) is 18.8. The number of benzene rings is 2. The largest absolute Gasteiger partial charge is 0.494 e. The topological polar surface area (TPSA) is 64.6 Å². The molecule has 0 aliphatic carbocycles. The molecule has 0 unspecified atom stereocenters. The summed E-state index contributed by atoms with van der Waals surface area (Å²) in [6.45, 7) is 4.34. The van der Waals surface area contributed by atoms with Gasteiger partial charge in [-0.25, -0.2) is 4.79 Å². The Labute approximate surface area is 154 Å². The van der Waals surface area contributed by atoms with Crippen molar-refractivity contribution in [1.29, 1.82) is 0 Å². The van der Waals surface area contributed by atoms with Crippen LogP contribution in [-0.4, -0.2) is 24.6 Å².